The lowest BCUT2D eigenvalue weighted by molar-refractivity contribution is 0.0218. The van der Waals surface area contributed by atoms with E-state index in [0.717, 1.165) is 35.0 Å². The van der Waals surface area contributed by atoms with E-state index in [0.29, 0.717) is 16.8 Å². The SMILES string of the molecule is C[C@@H]1[C@H](NC(=O)c2ccc(Sc3ccc(S(N)(=O)=O)cc3)s2)C2CCN1CC2. The number of primary sulfonamides is 1. The van der Waals surface area contributed by atoms with Crippen LogP contribution < -0.4 is 10.5 Å². The summed E-state index contributed by atoms with van der Waals surface area (Å²) in [4.78, 5) is 16.9. The van der Waals surface area contributed by atoms with Gasteiger partial charge in [-0.05, 0) is 75.2 Å². The standard InChI is InChI=1S/C19H23N3O3S3/c1-12-18(13-8-10-22(12)11-9-13)21-19(23)16-6-7-17(27-16)26-14-2-4-15(5-3-14)28(20,24)25/h2-7,12-13,18H,8-11H2,1H3,(H,21,23)(H2,20,24,25)/t12-,18+/m1/s1. The first-order valence-corrected chi connectivity index (χ1v) is 12.4. The first-order valence-electron chi connectivity index (χ1n) is 9.27. The summed E-state index contributed by atoms with van der Waals surface area (Å²) in [7, 11) is -3.69. The number of hydrogen-bond acceptors (Lipinski definition) is 6. The summed E-state index contributed by atoms with van der Waals surface area (Å²) in [6.07, 6.45) is 2.32. The number of thiophene rings is 1. The fourth-order valence-electron chi connectivity index (χ4n) is 4.08. The number of rotatable bonds is 5. The van der Waals surface area contributed by atoms with Crippen molar-refractivity contribution in [1.82, 2.24) is 10.2 Å². The molecule has 0 radical (unpaired) electrons. The molecule has 9 heteroatoms. The van der Waals surface area contributed by atoms with E-state index >= 15 is 0 Å². The molecule has 4 heterocycles. The van der Waals surface area contributed by atoms with Crippen LogP contribution in [0.1, 0.15) is 29.4 Å². The van der Waals surface area contributed by atoms with E-state index < -0.39 is 10.0 Å². The number of nitrogens with zero attached hydrogens (tertiary/aromatic N) is 1. The van der Waals surface area contributed by atoms with E-state index in [2.05, 4.69) is 17.1 Å². The van der Waals surface area contributed by atoms with Crippen LogP contribution in [0.4, 0.5) is 0 Å². The Hall–Kier alpha value is -1.39. The molecule has 1 aromatic carbocycles. The molecule has 28 heavy (non-hydrogen) atoms. The quantitative estimate of drug-likeness (QED) is 0.750. The van der Waals surface area contributed by atoms with Crippen LogP contribution >= 0.6 is 23.1 Å². The first kappa shape index (κ1) is 19.9. The van der Waals surface area contributed by atoms with Gasteiger partial charge in [0.15, 0.2) is 0 Å². The average molecular weight is 438 g/mol. The van der Waals surface area contributed by atoms with Gasteiger partial charge in [0.1, 0.15) is 0 Å². The zero-order chi connectivity index (χ0) is 19.9. The molecule has 3 aliphatic rings. The summed E-state index contributed by atoms with van der Waals surface area (Å²) >= 11 is 2.95. The van der Waals surface area contributed by atoms with Gasteiger partial charge < -0.3 is 5.32 Å². The molecular formula is C19H23N3O3S3. The number of nitrogens with two attached hydrogens (primary N) is 1. The van der Waals surface area contributed by atoms with E-state index in [-0.39, 0.29) is 16.8 Å². The molecule has 6 nitrogen and oxygen atoms in total. The average Bonchev–Trinajstić information content (AvgIpc) is 3.13. The summed E-state index contributed by atoms with van der Waals surface area (Å²) in [6.45, 7) is 4.49. The maximum Gasteiger partial charge on any atom is 0.261 e. The number of carbonyl (C=O) groups is 1. The Balaban J connectivity index is 1.40. The monoisotopic (exact) mass is 437 g/mol. The van der Waals surface area contributed by atoms with Crippen LogP contribution in [0.2, 0.25) is 0 Å². The molecule has 0 saturated carbocycles. The summed E-state index contributed by atoms with van der Waals surface area (Å²) in [5, 5.41) is 8.38. The van der Waals surface area contributed by atoms with E-state index in [4.69, 9.17) is 5.14 Å². The minimum absolute atomic E-state index is 0.00739. The van der Waals surface area contributed by atoms with Crippen molar-refractivity contribution in [3.8, 4) is 0 Å². The van der Waals surface area contributed by atoms with E-state index in [1.807, 2.05) is 12.1 Å². The zero-order valence-electron chi connectivity index (χ0n) is 15.5. The van der Waals surface area contributed by atoms with Crippen molar-refractivity contribution in [3.63, 3.8) is 0 Å². The molecular weight excluding hydrogens is 414 g/mol. The maximum absolute atomic E-state index is 12.7. The predicted octanol–water partition coefficient (Wildman–Crippen LogP) is 2.76. The minimum atomic E-state index is -3.69. The van der Waals surface area contributed by atoms with Crippen LogP contribution in [0.15, 0.2) is 50.4 Å². The van der Waals surface area contributed by atoms with Crippen LogP contribution in [-0.2, 0) is 10.0 Å². The topological polar surface area (TPSA) is 92.5 Å². The molecule has 3 N–H and O–H groups in total. The molecule has 1 amide bonds. The second kappa shape index (κ2) is 7.79. The summed E-state index contributed by atoms with van der Waals surface area (Å²) < 4.78 is 23.7. The highest BCUT2D eigenvalue weighted by Gasteiger charge is 2.40. The highest BCUT2D eigenvalue weighted by atomic mass is 32.2. The molecule has 2 atom stereocenters. The van der Waals surface area contributed by atoms with Crippen molar-refractivity contribution in [1.29, 1.82) is 0 Å². The van der Waals surface area contributed by atoms with Crippen molar-refractivity contribution < 1.29 is 13.2 Å². The van der Waals surface area contributed by atoms with Gasteiger partial charge in [0.25, 0.3) is 5.91 Å². The van der Waals surface area contributed by atoms with Crippen LogP contribution in [0.5, 0.6) is 0 Å². The van der Waals surface area contributed by atoms with E-state index in [1.165, 1.54) is 35.2 Å². The van der Waals surface area contributed by atoms with Gasteiger partial charge in [0.05, 0.1) is 14.0 Å². The highest BCUT2D eigenvalue weighted by molar-refractivity contribution is 8.01. The molecule has 1 aromatic heterocycles. The van der Waals surface area contributed by atoms with Crippen LogP contribution in [0, 0.1) is 5.92 Å². The summed E-state index contributed by atoms with van der Waals surface area (Å²) in [6, 6.07) is 10.8. The highest BCUT2D eigenvalue weighted by Crippen LogP contribution is 2.35. The number of amides is 1. The van der Waals surface area contributed by atoms with Crippen LogP contribution in [-0.4, -0.2) is 44.4 Å². The lowest BCUT2D eigenvalue weighted by Crippen LogP contribution is -2.62. The van der Waals surface area contributed by atoms with E-state index in [9.17, 15) is 13.2 Å². The van der Waals surface area contributed by atoms with Crippen molar-refractivity contribution >= 4 is 39.0 Å². The lowest BCUT2D eigenvalue weighted by Gasteiger charge is -2.49. The largest absolute Gasteiger partial charge is 0.347 e. The maximum atomic E-state index is 12.7. The number of fused-ring (bicyclic) bond motifs is 3. The van der Waals surface area contributed by atoms with Crippen molar-refractivity contribution in [2.45, 2.75) is 45.8 Å². The van der Waals surface area contributed by atoms with E-state index in [1.54, 1.807) is 12.1 Å². The Kier molecular flexibility index (Phi) is 5.54. The molecule has 2 aromatic rings. The van der Waals surface area contributed by atoms with Gasteiger partial charge in [0, 0.05) is 17.0 Å². The zero-order valence-corrected chi connectivity index (χ0v) is 17.9. The Morgan fingerprint density at radius 2 is 1.86 bits per heavy atom. The van der Waals surface area contributed by atoms with Gasteiger partial charge in [-0.1, -0.05) is 11.8 Å². The Bertz CT molecular complexity index is 962. The second-order valence-corrected chi connectivity index (χ2v) is 11.4. The third-order valence-electron chi connectivity index (χ3n) is 5.65. The fourth-order valence-corrected chi connectivity index (χ4v) is 6.60. The first-order chi connectivity index (χ1) is 13.3. The molecule has 150 valence electrons. The van der Waals surface area contributed by atoms with Gasteiger partial charge in [-0.25, -0.2) is 13.6 Å². The third-order valence-corrected chi connectivity index (χ3v) is 8.80. The molecule has 0 aliphatic carbocycles. The second-order valence-electron chi connectivity index (χ2n) is 7.35. The molecule has 0 unspecified atom stereocenters. The Morgan fingerprint density at radius 1 is 1.18 bits per heavy atom. The van der Waals surface area contributed by atoms with Gasteiger partial charge in [-0.2, -0.15) is 0 Å². The number of nitrogens with one attached hydrogen (secondary N) is 1. The Labute approximate surface area is 173 Å². The molecule has 0 spiro atoms. The molecule has 3 fully saturated rings. The normalized spacial score (nSPS) is 26.9. The number of hydrogen-bond donors (Lipinski definition) is 2. The predicted molar refractivity (Wildman–Crippen MR) is 111 cm³/mol. The summed E-state index contributed by atoms with van der Waals surface area (Å²) in [5.41, 5.74) is 0. The number of sulfonamides is 1. The third kappa shape index (κ3) is 4.13. The number of carbonyl (C=O) groups excluding carboxylic acids is 1. The molecule has 3 saturated heterocycles. The fraction of sp³-hybridized carbons (Fsp3) is 0.421. The Morgan fingerprint density at radius 3 is 2.46 bits per heavy atom. The minimum Gasteiger partial charge on any atom is -0.347 e. The lowest BCUT2D eigenvalue weighted by atomic mass is 9.79. The number of benzene rings is 1. The summed E-state index contributed by atoms with van der Waals surface area (Å²) in [5.74, 6) is 0.571. The molecule has 5 rings (SSSR count). The van der Waals surface area contributed by atoms with Gasteiger partial charge in [0.2, 0.25) is 10.0 Å². The number of piperidine rings is 3. The van der Waals surface area contributed by atoms with Crippen molar-refractivity contribution in [3.05, 3.63) is 41.3 Å². The van der Waals surface area contributed by atoms with Crippen molar-refractivity contribution in [2.24, 2.45) is 11.1 Å². The van der Waals surface area contributed by atoms with Gasteiger partial charge >= 0.3 is 0 Å². The van der Waals surface area contributed by atoms with Crippen LogP contribution in [0.3, 0.4) is 0 Å². The van der Waals surface area contributed by atoms with Gasteiger partial charge in [-0.3, -0.25) is 9.69 Å². The molecule has 3 aliphatic heterocycles. The van der Waals surface area contributed by atoms with Gasteiger partial charge in [-0.15, -0.1) is 11.3 Å². The smallest absolute Gasteiger partial charge is 0.261 e. The van der Waals surface area contributed by atoms with Crippen LogP contribution in [0.25, 0.3) is 0 Å². The van der Waals surface area contributed by atoms with Crippen molar-refractivity contribution in [2.75, 3.05) is 13.1 Å². The molecule has 2 bridgehead atoms.